The highest BCUT2D eigenvalue weighted by Gasteiger charge is 2.30. The van der Waals surface area contributed by atoms with E-state index in [9.17, 15) is 18.0 Å². The third kappa shape index (κ3) is 4.75. The molecule has 0 aliphatic carbocycles. The Balaban J connectivity index is 1.64. The third-order valence-corrected chi connectivity index (χ3v) is 5.07. The van der Waals surface area contributed by atoms with Crippen molar-refractivity contribution >= 4 is 0 Å². The molecule has 0 saturated heterocycles. The van der Waals surface area contributed by atoms with Crippen LogP contribution in [0.4, 0.5) is 13.2 Å². The molecule has 0 unspecified atom stereocenters. The average molecular weight is 435 g/mol. The van der Waals surface area contributed by atoms with Gasteiger partial charge >= 0.3 is 6.18 Å². The number of aromatic nitrogens is 1. The van der Waals surface area contributed by atoms with Crippen LogP contribution in [0, 0.1) is 0 Å². The van der Waals surface area contributed by atoms with E-state index < -0.39 is 11.7 Å². The van der Waals surface area contributed by atoms with Crippen molar-refractivity contribution < 1.29 is 17.9 Å². The summed E-state index contributed by atoms with van der Waals surface area (Å²) in [7, 11) is 1.73. The largest absolute Gasteiger partial charge is 0.489 e. The number of hydrogen-bond acceptors (Lipinski definition) is 2. The molecular formula is C26H20F3NO2. The first-order chi connectivity index (χ1) is 15.3. The Morgan fingerprint density at radius 2 is 1.47 bits per heavy atom. The summed E-state index contributed by atoms with van der Waals surface area (Å²) in [5.41, 5.74) is 1.41. The SMILES string of the molecule is Cn1cc(-c2ccc(OCc3ccccc3)cc2)c(=O)c(-c2cccc(C(F)(F)F)c2)c1. The minimum atomic E-state index is -4.48. The summed E-state index contributed by atoms with van der Waals surface area (Å²) in [6, 6.07) is 21.7. The molecule has 1 heterocycles. The first-order valence-electron chi connectivity index (χ1n) is 9.96. The number of aryl methyl sites for hydroxylation is 1. The van der Waals surface area contributed by atoms with Crippen molar-refractivity contribution in [1.82, 2.24) is 4.57 Å². The van der Waals surface area contributed by atoms with Crippen LogP contribution in [0.3, 0.4) is 0 Å². The molecule has 0 spiro atoms. The maximum Gasteiger partial charge on any atom is 0.416 e. The van der Waals surface area contributed by atoms with Crippen LogP contribution in [0.1, 0.15) is 11.1 Å². The molecule has 4 rings (SSSR count). The van der Waals surface area contributed by atoms with E-state index in [2.05, 4.69) is 0 Å². The maximum atomic E-state index is 13.2. The number of benzene rings is 3. The highest BCUT2D eigenvalue weighted by atomic mass is 19.4. The van der Waals surface area contributed by atoms with Crippen LogP contribution in [0.5, 0.6) is 5.75 Å². The van der Waals surface area contributed by atoms with Crippen molar-refractivity contribution in [2.24, 2.45) is 7.05 Å². The fraction of sp³-hybridized carbons (Fsp3) is 0.115. The van der Waals surface area contributed by atoms with Gasteiger partial charge in [0.15, 0.2) is 5.43 Å². The van der Waals surface area contributed by atoms with Gasteiger partial charge in [0.1, 0.15) is 12.4 Å². The molecule has 3 aromatic carbocycles. The molecule has 0 aliphatic heterocycles. The van der Waals surface area contributed by atoms with Gasteiger partial charge in [0.05, 0.1) is 5.56 Å². The Labute approximate surface area is 183 Å². The summed E-state index contributed by atoms with van der Waals surface area (Å²) in [6.07, 6.45) is -1.27. The number of halogens is 3. The Bertz CT molecular complexity index is 1280. The molecule has 0 aliphatic rings. The minimum Gasteiger partial charge on any atom is -0.489 e. The van der Waals surface area contributed by atoms with Gasteiger partial charge in [-0.2, -0.15) is 13.2 Å². The van der Waals surface area contributed by atoms with Crippen molar-refractivity contribution in [3.8, 4) is 28.0 Å². The van der Waals surface area contributed by atoms with Gasteiger partial charge in [-0.1, -0.05) is 54.6 Å². The van der Waals surface area contributed by atoms with Gasteiger partial charge in [0, 0.05) is 30.6 Å². The highest BCUT2D eigenvalue weighted by molar-refractivity contribution is 5.72. The molecule has 0 atom stereocenters. The molecule has 1 aromatic heterocycles. The molecular weight excluding hydrogens is 415 g/mol. The number of ether oxygens (including phenoxy) is 1. The van der Waals surface area contributed by atoms with Gasteiger partial charge in [0.25, 0.3) is 0 Å². The zero-order chi connectivity index (χ0) is 22.7. The van der Waals surface area contributed by atoms with Crippen LogP contribution >= 0.6 is 0 Å². The van der Waals surface area contributed by atoms with Gasteiger partial charge in [-0.3, -0.25) is 4.79 Å². The predicted molar refractivity (Wildman–Crippen MR) is 118 cm³/mol. The number of hydrogen-bond donors (Lipinski definition) is 0. The molecule has 0 saturated carbocycles. The average Bonchev–Trinajstić information content (AvgIpc) is 2.79. The molecule has 0 fully saturated rings. The maximum absolute atomic E-state index is 13.2. The van der Waals surface area contributed by atoms with E-state index >= 15 is 0 Å². The standard InChI is InChI=1S/C26H20F3NO2/c1-30-15-23(19-10-12-22(13-11-19)32-17-18-6-3-2-4-7-18)25(31)24(16-30)20-8-5-9-21(14-20)26(27,28)29/h2-16H,17H2,1H3. The van der Waals surface area contributed by atoms with Crippen LogP contribution in [0.25, 0.3) is 22.3 Å². The summed E-state index contributed by atoms with van der Waals surface area (Å²) < 4.78 is 46.8. The summed E-state index contributed by atoms with van der Waals surface area (Å²) >= 11 is 0. The van der Waals surface area contributed by atoms with Gasteiger partial charge in [-0.25, -0.2) is 0 Å². The molecule has 0 bridgehead atoms. The Morgan fingerprint density at radius 3 is 2.12 bits per heavy atom. The molecule has 3 nitrogen and oxygen atoms in total. The summed E-state index contributed by atoms with van der Waals surface area (Å²) in [4.78, 5) is 13.2. The minimum absolute atomic E-state index is 0.209. The van der Waals surface area contributed by atoms with Gasteiger partial charge in [0.2, 0.25) is 0 Å². The van der Waals surface area contributed by atoms with E-state index in [-0.39, 0.29) is 16.6 Å². The molecule has 6 heteroatoms. The first-order valence-corrected chi connectivity index (χ1v) is 9.96. The van der Waals surface area contributed by atoms with Crippen LogP contribution in [0.2, 0.25) is 0 Å². The summed E-state index contributed by atoms with van der Waals surface area (Å²) in [5.74, 6) is 0.656. The van der Waals surface area contributed by atoms with Gasteiger partial charge in [-0.05, 0) is 41.0 Å². The van der Waals surface area contributed by atoms with E-state index in [0.29, 0.717) is 23.5 Å². The molecule has 0 amide bonds. The summed E-state index contributed by atoms with van der Waals surface area (Å²) in [6.45, 7) is 0.424. The van der Waals surface area contributed by atoms with Crippen molar-refractivity contribution in [1.29, 1.82) is 0 Å². The zero-order valence-corrected chi connectivity index (χ0v) is 17.3. The van der Waals surface area contributed by atoms with Crippen LogP contribution in [-0.2, 0) is 19.8 Å². The third-order valence-electron chi connectivity index (χ3n) is 5.07. The van der Waals surface area contributed by atoms with Gasteiger partial charge < -0.3 is 9.30 Å². The highest BCUT2D eigenvalue weighted by Crippen LogP contribution is 2.32. The number of rotatable bonds is 5. The topological polar surface area (TPSA) is 31.2 Å². The van der Waals surface area contributed by atoms with Crippen molar-refractivity contribution in [2.75, 3.05) is 0 Å². The number of pyridine rings is 1. The fourth-order valence-electron chi connectivity index (χ4n) is 3.45. The Morgan fingerprint density at radius 1 is 0.812 bits per heavy atom. The van der Waals surface area contributed by atoms with E-state index in [1.54, 1.807) is 48.3 Å². The molecule has 0 radical (unpaired) electrons. The first kappa shape index (κ1) is 21.4. The molecule has 4 aromatic rings. The fourth-order valence-corrected chi connectivity index (χ4v) is 3.45. The lowest BCUT2D eigenvalue weighted by atomic mass is 9.99. The second-order valence-corrected chi connectivity index (χ2v) is 7.46. The lowest BCUT2D eigenvalue weighted by molar-refractivity contribution is -0.137. The Hall–Kier alpha value is -3.80. The molecule has 0 N–H and O–H groups in total. The van der Waals surface area contributed by atoms with Crippen LogP contribution in [-0.4, -0.2) is 4.57 Å². The second kappa shape index (κ2) is 8.75. The van der Waals surface area contributed by atoms with Crippen molar-refractivity contribution in [3.63, 3.8) is 0 Å². The number of alkyl halides is 3. The Kier molecular flexibility index (Phi) is 5.86. The monoisotopic (exact) mass is 435 g/mol. The predicted octanol–water partition coefficient (Wildman–Crippen LogP) is 6.32. The molecule has 162 valence electrons. The zero-order valence-electron chi connectivity index (χ0n) is 17.3. The van der Waals surface area contributed by atoms with E-state index in [0.717, 1.165) is 17.7 Å². The van der Waals surface area contributed by atoms with E-state index in [1.807, 2.05) is 30.3 Å². The normalized spacial score (nSPS) is 11.4. The van der Waals surface area contributed by atoms with Gasteiger partial charge in [-0.15, -0.1) is 0 Å². The molecule has 32 heavy (non-hydrogen) atoms. The smallest absolute Gasteiger partial charge is 0.416 e. The van der Waals surface area contributed by atoms with E-state index in [1.165, 1.54) is 12.1 Å². The van der Waals surface area contributed by atoms with Crippen LogP contribution in [0.15, 0.2) is 96.1 Å². The summed E-state index contributed by atoms with van der Waals surface area (Å²) in [5, 5.41) is 0. The van der Waals surface area contributed by atoms with Crippen molar-refractivity contribution in [3.05, 3.63) is 113 Å². The second-order valence-electron chi connectivity index (χ2n) is 7.46. The van der Waals surface area contributed by atoms with Crippen molar-refractivity contribution in [2.45, 2.75) is 12.8 Å². The lowest BCUT2D eigenvalue weighted by Gasteiger charge is -2.12. The number of nitrogens with zero attached hydrogens (tertiary/aromatic N) is 1. The van der Waals surface area contributed by atoms with Crippen LogP contribution < -0.4 is 10.2 Å². The lowest BCUT2D eigenvalue weighted by Crippen LogP contribution is -2.12. The quantitative estimate of drug-likeness (QED) is 0.368. The van der Waals surface area contributed by atoms with E-state index in [4.69, 9.17) is 4.74 Å².